The van der Waals surface area contributed by atoms with Crippen LogP contribution >= 0.6 is 7.82 Å². The van der Waals surface area contributed by atoms with Crippen molar-refractivity contribution in [2.75, 3.05) is 0 Å². The Morgan fingerprint density at radius 1 is 1.08 bits per heavy atom. The van der Waals surface area contributed by atoms with Gasteiger partial charge in [-0.25, -0.2) is 4.57 Å². The summed E-state index contributed by atoms with van der Waals surface area (Å²) in [4.78, 5) is 32.2. The van der Waals surface area contributed by atoms with Crippen molar-refractivity contribution >= 4 is 13.6 Å². The van der Waals surface area contributed by atoms with Crippen molar-refractivity contribution in [3.63, 3.8) is 0 Å². The number of ketones is 1. The van der Waals surface area contributed by atoms with E-state index in [-0.39, 0.29) is 22.2 Å². The molecule has 2 N–H and O–H groups in total. The van der Waals surface area contributed by atoms with Gasteiger partial charge in [0.25, 0.3) is 0 Å². The third kappa shape index (κ3) is 4.98. The maximum absolute atomic E-state index is 13.6. The number of rotatable bonds is 7. The average Bonchev–Trinajstić information content (AvgIpc) is 3.03. The van der Waals surface area contributed by atoms with Crippen LogP contribution in [0.15, 0.2) is 11.6 Å². The van der Waals surface area contributed by atoms with E-state index in [0.717, 1.165) is 19.3 Å². The Bertz CT molecular complexity index is 982. The molecule has 10 atom stereocenters. The number of carbonyl (C=O) groups is 1. The largest absolute Gasteiger partial charge is 0.470 e. The SMILES string of the molecule is C[C@H]([C@H](C)CCC(C)(C)OP(=O)(O)O)[C@H]1CC[C@@]2(C)C3=CC(=O)[C@@H]4C[C@@H](C)[C@@H](C)C[C@]4(C)C3CC[C@]12C. The van der Waals surface area contributed by atoms with Crippen LogP contribution in [0.5, 0.6) is 0 Å². The van der Waals surface area contributed by atoms with Gasteiger partial charge in [-0.1, -0.05) is 54.0 Å². The molecule has 0 aromatic rings. The van der Waals surface area contributed by atoms with Crippen LogP contribution in [0.1, 0.15) is 114 Å². The zero-order chi connectivity index (χ0) is 27.8. The van der Waals surface area contributed by atoms with Gasteiger partial charge in [0, 0.05) is 5.92 Å². The van der Waals surface area contributed by atoms with Gasteiger partial charge in [-0.05, 0) is 123 Å². The van der Waals surface area contributed by atoms with E-state index >= 15 is 0 Å². The first-order chi connectivity index (χ1) is 16.8. The van der Waals surface area contributed by atoms with Gasteiger partial charge >= 0.3 is 7.82 Å². The molecule has 4 aliphatic rings. The summed E-state index contributed by atoms with van der Waals surface area (Å²) in [6.07, 6.45) is 10.6. The van der Waals surface area contributed by atoms with Crippen LogP contribution in [0.3, 0.4) is 0 Å². The molecule has 0 aromatic carbocycles. The number of hydrogen-bond donors (Lipinski definition) is 2. The van der Waals surface area contributed by atoms with E-state index in [1.165, 1.54) is 31.3 Å². The van der Waals surface area contributed by atoms with E-state index in [2.05, 4.69) is 54.5 Å². The van der Waals surface area contributed by atoms with Crippen LogP contribution in [0.2, 0.25) is 0 Å². The van der Waals surface area contributed by atoms with E-state index in [9.17, 15) is 19.1 Å². The molecule has 3 saturated carbocycles. The molecule has 0 spiro atoms. The monoisotopic (exact) mass is 536 g/mol. The fourth-order valence-electron chi connectivity index (χ4n) is 9.76. The van der Waals surface area contributed by atoms with Crippen molar-refractivity contribution < 1.29 is 23.7 Å². The van der Waals surface area contributed by atoms with Crippen molar-refractivity contribution in [2.45, 2.75) is 119 Å². The van der Waals surface area contributed by atoms with Crippen LogP contribution in [0.25, 0.3) is 0 Å². The Morgan fingerprint density at radius 2 is 1.73 bits per heavy atom. The molecule has 37 heavy (non-hydrogen) atoms. The molecule has 0 heterocycles. The summed E-state index contributed by atoms with van der Waals surface area (Å²) < 4.78 is 16.5. The predicted molar refractivity (Wildman–Crippen MR) is 149 cm³/mol. The second kappa shape index (κ2) is 9.57. The lowest BCUT2D eigenvalue weighted by Gasteiger charge is -2.61. The predicted octanol–water partition coefficient (Wildman–Crippen LogP) is 7.96. The highest BCUT2D eigenvalue weighted by molar-refractivity contribution is 7.46. The van der Waals surface area contributed by atoms with Gasteiger partial charge in [-0.15, -0.1) is 0 Å². The first-order valence-corrected chi connectivity index (χ1v) is 16.4. The normalized spacial score (nSPS) is 43.9. The van der Waals surface area contributed by atoms with Crippen LogP contribution in [0.4, 0.5) is 0 Å². The van der Waals surface area contributed by atoms with Crippen molar-refractivity contribution in [3.8, 4) is 0 Å². The van der Waals surface area contributed by atoms with Gasteiger partial charge in [-0.2, -0.15) is 0 Å². The Kier molecular flexibility index (Phi) is 7.63. The minimum absolute atomic E-state index is 0.0628. The molecule has 4 aliphatic carbocycles. The van der Waals surface area contributed by atoms with Crippen molar-refractivity contribution in [3.05, 3.63) is 11.6 Å². The van der Waals surface area contributed by atoms with Gasteiger partial charge in [0.15, 0.2) is 5.78 Å². The number of phosphoric ester groups is 1. The third-order valence-corrected chi connectivity index (χ3v) is 13.4. The Labute approximate surface area is 225 Å². The molecular weight excluding hydrogens is 483 g/mol. The van der Waals surface area contributed by atoms with E-state index < -0.39 is 13.4 Å². The molecule has 0 aromatic heterocycles. The van der Waals surface area contributed by atoms with Gasteiger partial charge in [0.2, 0.25) is 0 Å². The van der Waals surface area contributed by atoms with E-state index in [0.29, 0.717) is 47.7 Å². The van der Waals surface area contributed by atoms with Crippen LogP contribution < -0.4 is 0 Å². The second-order valence-corrected chi connectivity index (χ2v) is 16.3. The number of allylic oxidation sites excluding steroid dienone is 2. The van der Waals surface area contributed by atoms with Gasteiger partial charge in [0.05, 0.1) is 5.60 Å². The summed E-state index contributed by atoms with van der Waals surface area (Å²) in [6, 6.07) is 0. The Morgan fingerprint density at radius 3 is 2.35 bits per heavy atom. The minimum atomic E-state index is -4.51. The average molecular weight is 537 g/mol. The zero-order valence-electron chi connectivity index (χ0n) is 24.8. The number of hydrogen-bond acceptors (Lipinski definition) is 3. The first kappa shape index (κ1) is 29.5. The molecule has 212 valence electrons. The maximum atomic E-state index is 13.6. The molecule has 0 aliphatic heterocycles. The van der Waals surface area contributed by atoms with Gasteiger partial charge in [-0.3, -0.25) is 9.32 Å². The summed E-state index contributed by atoms with van der Waals surface area (Å²) in [5, 5.41) is 0. The molecule has 0 bridgehead atoms. The molecule has 0 amide bonds. The molecule has 1 unspecified atom stereocenters. The van der Waals surface area contributed by atoms with Crippen molar-refractivity contribution in [1.29, 1.82) is 0 Å². The number of carbonyl (C=O) groups excluding carboxylic acids is 1. The first-order valence-electron chi connectivity index (χ1n) is 14.9. The van der Waals surface area contributed by atoms with E-state index in [4.69, 9.17) is 4.52 Å². The minimum Gasteiger partial charge on any atom is -0.303 e. The lowest BCUT2D eigenvalue weighted by atomic mass is 9.42. The van der Waals surface area contributed by atoms with Gasteiger partial charge < -0.3 is 9.79 Å². The van der Waals surface area contributed by atoms with Crippen LogP contribution in [-0.4, -0.2) is 21.2 Å². The smallest absolute Gasteiger partial charge is 0.303 e. The highest BCUT2D eigenvalue weighted by atomic mass is 31.2. The lowest BCUT2D eigenvalue weighted by Crippen LogP contribution is -2.56. The van der Waals surface area contributed by atoms with E-state index in [1.807, 2.05) is 0 Å². The second-order valence-electron chi connectivity index (χ2n) is 15.2. The quantitative estimate of drug-likeness (QED) is 0.323. The van der Waals surface area contributed by atoms with Crippen molar-refractivity contribution in [2.24, 2.45) is 57.7 Å². The van der Waals surface area contributed by atoms with Crippen LogP contribution in [0, 0.1) is 57.7 Å². The molecule has 0 radical (unpaired) electrons. The number of fused-ring (bicyclic) bond motifs is 5. The summed E-state index contributed by atoms with van der Waals surface area (Å²) in [5.74, 6) is 3.90. The van der Waals surface area contributed by atoms with Gasteiger partial charge in [0.1, 0.15) is 0 Å². The summed E-state index contributed by atoms with van der Waals surface area (Å²) in [7, 11) is -4.51. The van der Waals surface area contributed by atoms with Crippen molar-refractivity contribution in [1.82, 2.24) is 0 Å². The third-order valence-electron chi connectivity index (χ3n) is 12.7. The fraction of sp³-hybridized carbons (Fsp3) is 0.903. The topological polar surface area (TPSA) is 83.8 Å². The number of phosphoric acid groups is 1. The summed E-state index contributed by atoms with van der Waals surface area (Å²) >= 11 is 0. The summed E-state index contributed by atoms with van der Waals surface area (Å²) in [5.41, 5.74) is 0.947. The maximum Gasteiger partial charge on any atom is 0.470 e. The molecule has 0 saturated heterocycles. The molecular formula is C31H53O5P. The molecule has 4 rings (SSSR count). The van der Waals surface area contributed by atoms with Crippen LogP contribution in [-0.2, 0) is 13.9 Å². The zero-order valence-corrected chi connectivity index (χ0v) is 25.7. The van der Waals surface area contributed by atoms with E-state index in [1.54, 1.807) is 13.8 Å². The lowest BCUT2D eigenvalue weighted by molar-refractivity contribution is -0.134. The molecule has 5 nitrogen and oxygen atoms in total. The Hall–Kier alpha value is -0.480. The molecule has 6 heteroatoms. The fourth-order valence-corrected chi connectivity index (χ4v) is 10.5. The Balaban J connectivity index is 1.55. The highest BCUT2D eigenvalue weighted by Crippen LogP contribution is 2.72. The molecule has 3 fully saturated rings. The standard InChI is InChI=1S/C31H53O5P/c1-19(10-13-28(5,6)36-37(33,34)35)22(4)23-11-14-31(9)25-17-27(32)26-16-20(2)21(3)18-29(26,7)24(25)12-15-30(23,31)8/h17,19-24,26H,10-16,18H2,1-9H3,(H2,33,34,35)/t19-,20-,21+,22-,23-,24?,26+,29-,30-,31+/m1/s1. The highest BCUT2D eigenvalue weighted by Gasteiger charge is 2.65. The summed E-state index contributed by atoms with van der Waals surface area (Å²) in [6.45, 7) is 20.4.